The van der Waals surface area contributed by atoms with Crippen LogP contribution in [0, 0.1) is 6.92 Å². The molecule has 0 fully saturated rings. The molecule has 140 valence electrons. The number of hydrogen-bond donors (Lipinski definition) is 0. The lowest BCUT2D eigenvalue weighted by molar-refractivity contribution is -0.120. The number of aryl methyl sites for hydroxylation is 1. The van der Waals surface area contributed by atoms with Crippen molar-refractivity contribution < 1.29 is 14.3 Å². The fourth-order valence-electron chi connectivity index (χ4n) is 3.07. The van der Waals surface area contributed by atoms with Gasteiger partial charge in [-0.3, -0.25) is 9.78 Å². The predicted molar refractivity (Wildman–Crippen MR) is 108 cm³/mol. The van der Waals surface area contributed by atoms with Crippen LogP contribution in [0.4, 0.5) is 5.69 Å². The number of anilines is 1. The molecule has 0 saturated heterocycles. The van der Waals surface area contributed by atoms with Crippen molar-refractivity contribution in [3.05, 3.63) is 60.3 Å². The van der Waals surface area contributed by atoms with E-state index in [1.165, 1.54) is 0 Å². The molecule has 5 nitrogen and oxygen atoms in total. The van der Waals surface area contributed by atoms with Crippen molar-refractivity contribution in [1.82, 2.24) is 4.98 Å². The first-order chi connectivity index (χ1) is 13.0. The van der Waals surface area contributed by atoms with Crippen molar-refractivity contribution in [3.8, 4) is 11.5 Å². The summed E-state index contributed by atoms with van der Waals surface area (Å²) in [6, 6.07) is 17.1. The van der Waals surface area contributed by atoms with E-state index >= 15 is 0 Å². The van der Waals surface area contributed by atoms with E-state index in [4.69, 9.17) is 9.47 Å². The summed E-state index contributed by atoms with van der Waals surface area (Å²) in [5, 5.41) is 0.823. The Morgan fingerprint density at radius 3 is 2.52 bits per heavy atom. The van der Waals surface area contributed by atoms with Gasteiger partial charge in [0.2, 0.25) is 0 Å². The Bertz CT molecular complexity index is 939. The lowest BCUT2D eigenvalue weighted by Crippen LogP contribution is -2.40. The third-order valence-electron chi connectivity index (χ3n) is 4.28. The second-order valence-electron chi connectivity index (χ2n) is 6.63. The number of nitrogens with zero attached hydrogens (tertiary/aromatic N) is 2. The van der Waals surface area contributed by atoms with Crippen molar-refractivity contribution in [2.75, 3.05) is 18.6 Å². The molecule has 0 aliphatic rings. The maximum absolute atomic E-state index is 12.9. The normalized spacial score (nSPS) is 10.9. The first kappa shape index (κ1) is 18.7. The van der Waals surface area contributed by atoms with Gasteiger partial charge in [0, 0.05) is 28.9 Å². The highest BCUT2D eigenvalue weighted by atomic mass is 16.5. The van der Waals surface area contributed by atoms with Crippen LogP contribution in [0.1, 0.15) is 19.5 Å². The zero-order valence-corrected chi connectivity index (χ0v) is 16.1. The molecule has 0 aliphatic heterocycles. The Morgan fingerprint density at radius 2 is 1.85 bits per heavy atom. The van der Waals surface area contributed by atoms with Gasteiger partial charge < -0.3 is 14.4 Å². The summed E-state index contributed by atoms with van der Waals surface area (Å²) in [6.07, 6.45) is 0. The first-order valence-corrected chi connectivity index (χ1v) is 8.95. The lowest BCUT2D eigenvalue weighted by Gasteiger charge is -2.27. The predicted octanol–water partition coefficient (Wildman–Crippen LogP) is 4.37. The molecule has 1 heterocycles. The van der Waals surface area contributed by atoms with Crippen LogP contribution in [0.3, 0.4) is 0 Å². The number of carbonyl (C=O) groups excluding carboxylic acids is 1. The molecule has 0 spiro atoms. The van der Waals surface area contributed by atoms with Crippen LogP contribution < -0.4 is 14.4 Å². The highest BCUT2D eigenvalue weighted by Crippen LogP contribution is 2.29. The maximum Gasteiger partial charge on any atom is 0.265 e. The highest BCUT2D eigenvalue weighted by Gasteiger charge is 2.20. The first-order valence-electron chi connectivity index (χ1n) is 8.95. The molecule has 0 bridgehead atoms. The van der Waals surface area contributed by atoms with Crippen LogP contribution in [-0.2, 0) is 4.79 Å². The summed E-state index contributed by atoms with van der Waals surface area (Å²) in [4.78, 5) is 19.1. The average molecular weight is 364 g/mol. The second kappa shape index (κ2) is 8.08. The third-order valence-corrected chi connectivity index (χ3v) is 4.28. The fourth-order valence-corrected chi connectivity index (χ4v) is 3.07. The van der Waals surface area contributed by atoms with E-state index in [0.29, 0.717) is 5.75 Å². The van der Waals surface area contributed by atoms with Gasteiger partial charge in [-0.1, -0.05) is 18.2 Å². The highest BCUT2D eigenvalue weighted by molar-refractivity contribution is 5.95. The minimum atomic E-state index is -0.0956. The molecule has 0 saturated carbocycles. The lowest BCUT2D eigenvalue weighted by atomic mass is 10.1. The summed E-state index contributed by atoms with van der Waals surface area (Å²) in [5.41, 5.74) is 2.50. The molecule has 1 amide bonds. The Morgan fingerprint density at radius 1 is 1.11 bits per heavy atom. The molecule has 0 unspecified atom stereocenters. The molecule has 3 aromatic rings. The molecule has 1 aromatic heterocycles. The molecule has 5 heteroatoms. The van der Waals surface area contributed by atoms with Crippen LogP contribution in [-0.4, -0.2) is 30.6 Å². The van der Waals surface area contributed by atoms with Crippen molar-refractivity contribution in [1.29, 1.82) is 0 Å². The van der Waals surface area contributed by atoms with Gasteiger partial charge in [-0.2, -0.15) is 0 Å². The summed E-state index contributed by atoms with van der Waals surface area (Å²) in [7, 11) is 1.62. The van der Waals surface area contributed by atoms with Crippen molar-refractivity contribution in [3.63, 3.8) is 0 Å². The Kier molecular flexibility index (Phi) is 5.60. The number of fused-ring (bicyclic) bond motifs is 1. The number of hydrogen-bond acceptors (Lipinski definition) is 4. The molecule has 0 radical (unpaired) electrons. The molecule has 27 heavy (non-hydrogen) atoms. The van der Waals surface area contributed by atoms with E-state index in [-0.39, 0.29) is 18.6 Å². The molecule has 2 aromatic carbocycles. The van der Waals surface area contributed by atoms with Gasteiger partial charge >= 0.3 is 0 Å². The number of methoxy groups -OCH3 is 1. The Labute approximate surface area is 159 Å². The topological polar surface area (TPSA) is 51.7 Å². The summed E-state index contributed by atoms with van der Waals surface area (Å²) in [5.74, 6) is 1.25. The maximum atomic E-state index is 12.9. The molecule has 3 rings (SSSR count). The van der Waals surface area contributed by atoms with Gasteiger partial charge in [0.05, 0.1) is 12.6 Å². The van der Waals surface area contributed by atoms with E-state index < -0.39 is 0 Å². The van der Waals surface area contributed by atoms with Gasteiger partial charge in [0.25, 0.3) is 5.91 Å². The number of aromatic nitrogens is 1. The van der Waals surface area contributed by atoms with Crippen molar-refractivity contribution in [2.45, 2.75) is 26.8 Å². The van der Waals surface area contributed by atoms with Gasteiger partial charge in [-0.15, -0.1) is 0 Å². The van der Waals surface area contributed by atoms with E-state index in [0.717, 1.165) is 28.0 Å². The summed E-state index contributed by atoms with van der Waals surface area (Å²) < 4.78 is 11.2. The molecule has 0 atom stereocenters. The number of ether oxygens (including phenoxy) is 2. The average Bonchev–Trinajstić information content (AvgIpc) is 2.66. The summed E-state index contributed by atoms with van der Waals surface area (Å²) >= 11 is 0. The molecule has 0 aliphatic carbocycles. The van der Waals surface area contributed by atoms with Crippen molar-refractivity contribution >= 4 is 22.5 Å². The Hall–Kier alpha value is -3.08. The third kappa shape index (κ3) is 4.19. The largest absolute Gasteiger partial charge is 0.497 e. The van der Waals surface area contributed by atoms with E-state index in [1.54, 1.807) is 12.0 Å². The van der Waals surface area contributed by atoms with Crippen LogP contribution in [0.5, 0.6) is 11.5 Å². The van der Waals surface area contributed by atoms with E-state index in [2.05, 4.69) is 4.98 Å². The summed E-state index contributed by atoms with van der Waals surface area (Å²) in [6.45, 7) is 5.83. The van der Waals surface area contributed by atoms with Crippen LogP contribution >= 0.6 is 0 Å². The monoisotopic (exact) mass is 364 g/mol. The zero-order chi connectivity index (χ0) is 19.4. The van der Waals surface area contributed by atoms with Crippen LogP contribution in [0.15, 0.2) is 54.6 Å². The van der Waals surface area contributed by atoms with Crippen molar-refractivity contribution in [2.24, 2.45) is 0 Å². The number of pyridine rings is 1. The van der Waals surface area contributed by atoms with Crippen LogP contribution in [0.2, 0.25) is 0 Å². The van der Waals surface area contributed by atoms with E-state index in [1.807, 2.05) is 75.4 Å². The number of benzene rings is 2. The smallest absolute Gasteiger partial charge is 0.265 e. The molecular formula is C22H24N2O3. The number of para-hydroxylation sites is 1. The quantitative estimate of drug-likeness (QED) is 0.652. The minimum absolute atomic E-state index is 0.0273. The zero-order valence-electron chi connectivity index (χ0n) is 16.1. The number of rotatable bonds is 6. The van der Waals surface area contributed by atoms with E-state index in [9.17, 15) is 4.79 Å². The number of amides is 1. The van der Waals surface area contributed by atoms with Crippen LogP contribution in [0.25, 0.3) is 10.9 Å². The fraction of sp³-hybridized carbons (Fsp3) is 0.273. The van der Waals surface area contributed by atoms with Gasteiger partial charge in [-0.25, -0.2) is 0 Å². The molecule has 0 N–H and O–H groups in total. The minimum Gasteiger partial charge on any atom is -0.497 e. The SMILES string of the molecule is COc1ccc2nc(C)cc(OCC(=O)N(c3ccccc3)C(C)C)c2c1. The Balaban J connectivity index is 1.86. The molecular weight excluding hydrogens is 340 g/mol. The van der Waals surface area contributed by atoms with Gasteiger partial charge in [-0.05, 0) is 51.1 Å². The second-order valence-corrected chi connectivity index (χ2v) is 6.63. The standard InChI is InChI=1S/C22H24N2O3/c1-15(2)24(17-8-6-5-7-9-17)22(25)14-27-21-12-16(3)23-20-11-10-18(26-4)13-19(20)21/h5-13,15H,14H2,1-4H3. The van der Waals surface area contributed by atoms with Gasteiger partial charge in [0.1, 0.15) is 11.5 Å². The van der Waals surface area contributed by atoms with Gasteiger partial charge in [0.15, 0.2) is 6.61 Å². The number of carbonyl (C=O) groups is 1.